The third-order valence-corrected chi connectivity index (χ3v) is 3.65. The van der Waals surface area contributed by atoms with Gasteiger partial charge in [-0.1, -0.05) is 29.8 Å². The fourth-order valence-electron chi connectivity index (χ4n) is 2.19. The van der Waals surface area contributed by atoms with E-state index in [1.54, 1.807) is 18.2 Å². The molecule has 0 aromatic heterocycles. The first-order valence-electron chi connectivity index (χ1n) is 6.47. The van der Waals surface area contributed by atoms with Gasteiger partial charge in [-0.25, -0.2) is 8.78 Å². The first-order chi connectivity index (χ1) is 9.58. The first kappa shape index (κ1) is 14.9. The second-order valence-corrected chi connectivity index (χ2v) is 5.28. The van der Waals surface area contributed by atoms with Crippen LogP contribution in [-0.2, 0) is 12.8 Å². The molecule has 0 bridgehead atoms. The molecule has 1 atom stereocenters. The van der Waals surface area contributed by atoms with Crippen LogP contribution in [0.25, 0.3) is 0 Å². The van der Waals surface area contributed by atoms with Gasteiger partial charge in [-0.3, -0.25) is 0 Å². The molecular weight excluding hydrogens is 280 g/mol. The number of hydrogen-bond acceptors (Lipinski definition) is 1. The molecule has 0 heterocycles. The predicted molar refractivity (Wildman–Crippen MR) is 77.8 cm³/mol. The highest BCUT2D eigenvalue weighted by Gasteiger charge is 2.12. The summed E-state index contributed by atoms with van der Waals surface area (Å²) in [4.78, 5) is 0. The molecule has 1 nitrogen and oxygen atoms in total. The van der Waals surface area contributed by atoms with E-state index in [1.807, 2.05) is 0 Å². The summed E-state index contributed by atoms with van der Waals surface area (Å²) in [5.41, 5.74) is 7.70. The molecule has 20 heavy (non-hydrogen) atoms. The smallest absolute Gasteiger partial charge is 0.124 e. The summed E-state index contributed by atoms with van der Waals surface area (Å²) in [6, 6.07) is 10.8. The highest BCUT2D eigenvalue weighted by Crippen LogP contribution is 2.22. The van der Waals surface area contributed by atoms with Crippen molar-refractivity contribution in [3.05, 3.63) is 70.2 Å². The molecular formula is C16H16ClF2N. The van der Waals surface area contributed by atoms with E-state index in [-0.39, 0.29) is 17.6 Å². The second kappa shape index (κ2) is 6.82. The Morgan fingerprint density at radius 1 is 0.950 bits per heavy atom. The van der Waals surface area contributed by atoms with Crippen molar-refractivity contribution in [1.82, 2.24) is 0 Å². The lowest BCUT2D eigenvalue weighted by Crippen LogP contribution is -2.19. The largest absolute Gasteiger partial charge is 0.330 e. The lowest BCUT2D eigenvalue weighted by molar-refractivity contribution is 0.531. The molecule has 0 aliphatic heterocycles. The molecule has 1 unspecified atom stereocenters. The van der Waals surface area contributed by atoms with Crippen molar-refractivity contribution >= 4 is 11.6 Å². The summed E-state index contributed by atoms with van der Waals surface area (Å²) < 4.78 is 25.9. The standard InChI is InChI=1S/C16H16ClF2N/c17-16-9-15(19)6-3-13(16)8-12(10-20)7-11-1-4-14(18)5-2-11/h1-6,9,12H,7-8,10,20H2. The average molecular weight is 296 g/mol. The van der Waals surface area contributed by atoms with Crippen LogP contribution in [0.1, 0.15) is 11.1 Å². The van der Waals surface area contributed by atoms with Gasteiger partial charge in [0.2, 0.25) is 0 Å². The Kier molecular flexibility index (Phi) is 5.10. The molecule has 2 N–H and O–H groups in total. The van der Waals surface area contributed by atoms with Crippen LogP contribution in [0.2, 0.25) is 5.02 Å². The van der Waals surface area contributed by atoms with Crippen LogP contribution >= 0.6 is 11.6 Å². The van der Waals surface area contributed by atoms with Crippen molar-refractivity contribution < 1.29 is 8.78 Å². The molecule has 106 valence electrons. The van der Waals surface area contributed by atoms with Crippen molar-refractivity contribution in [2.75, 3.05) is 6.54 Å². The van der Waals surface area contributed by atoms with Crippen LogP contribution in [0.5, 0.6) is 0 Å². The monoisotopic (exact) mass is 295 g/mol. The Morgan fingerprint density at radius 2 is 1.60 bits per heavy atom. The zero-order chi connectivity index (χ0) is 14.5. The van der Waals surface area contributed by atoms with Crippen LogP contribution in [0.3, 0.4) is 0 Å². The summed E-state index contributed by atoms with van der Waals surface area (Å²) in [7, 11) is 0. The number of halogens is 3. The fraction of sp³-hybridized carbons (Fsp3) is 0.250. The highest BCUT2D eigenvalue weighted by atomic mass is 35.5. The van der Waals surface area contributed by atoms with Gasteiger partial charge in [0.15, 0.2) is 0 Å². The van der Waals surface area contributed by atoms with Gasteiger partial charge in [0, 0.05) is 5.02 Å². The van der Waals surface area contributed by atoms with E-state index < -0.39 is 0 Å². The minimum absolute atomic E-state index is 0.184. The average Bonchev–Trinajstić information content (AvgIpc) is 2.43. The minimum atomic E-state index is -0.346. The minimum Gasteiger partial charge on any atom is -0.330 e. The molecule has 2 rings (SSSR count). The number of benzene rings is 2. The molecule has 0 aliphatic rings. The molecule has 4 heteroatoms. The van der Waals surface area contributed by atoms with Gasteiger partial charge >= 0.3 is 0 Å². The number of nitrogens with two attached hydrogens (primary N) is 1. The van der Waals surface area contributed by atoms with Crippen molar-refractivity contribution in [2.45, 2.75) is 12.8 Å². The van der Waals surface area contributed by atoms with Crippen LogP contribution < -0.4 is 5.73 Å². The maximum atomic E-state index is 13.0. The van der Waals surface area contributed by atoms with E-state index in [9.17, 15) is 8.78 Å². The summed E-state index contributed by atoms with van der Waals surface area (Å²) in [5.74, 6) is -0.412. The molecule has 2 aromatic carbocycles. The molecule has 2 aromatic rings. The highest BCUT2D eigenvalue weighted by molar-refractivity contribution is 6.31. The Bertz CT molecular complexity index is 569. The van der Waals surface area contributed by atoms with E-state index in [4.69, 9.17) is 17.3 Å². The quantitative estimate of drug-likeness (QED) is 0.887. The summed E-state index contributed by atoms with van der Waals surface area (Å²) in [6.45, 7) is 0.491. The lowest BCUT2D eigenvalue weighted by Gasteiger charge is -2.16. The zero-order valence-corrected chi connectivity index (χ0v) is 11.7. The van der Waals surface area contributed by atoms with Crippen LogP contribution in [0, 0.1) is 17.6 Å². The summed E-state index contributed by atoms with van der Waals surface area (Å²) in [5, 5.41) is 0.419. The molecule has 0 saturated heterocycles. The van der Waals surface area contributed by atoms with Crippen molar-refractivity contribution in [3.63, 3.8) is 0 Å². The Balaban J connectivity index is 2.07. The van der Waals surface area contributed by atoms with Crippen LogP contribution in [0.15, 0.2) is 42.5 Å². The van der Waals surface area contributed by atoms with Crippen LogP contribution in [-0.4, -0.2) is 6.54 Å². The summed E-state index contributed by atoms with van der Waals surface area (Å²) in [6.07, 6.45) is 1.41. The van der Waals surface area contributed by atoms with Crippen molar-refractivity contribution in [3.8, 4) is 0 Å². The third-order valence-electron chi connectivity index (χ3n) is 3.29. The first-order valence-corrected chi connectivity index (χ1v) is 6.84. The maximum absolute atomic E-state index is 13.0. The summed E-state index contributed by atoms with van der Waals surface area (Å²) >= 11 is 6.02. The SMILES string of the molecule is NCC(Cc1ccc(F)cc1)Cc1ccc(F)cc1Cl. The second-order valence-electron chi connectivity index (χ2n) is 4.87. The molecule has 0 spiro atoms. The predicted octanol–water partition coefficient (Wildman–Crippen LogP) is 3.98. The Hall–Kier alpha value is -1.45. The van der Waals surface area contributed by atoms with Crippen molar-refractivity contribution in [1.29, 1.82) is 0 Å². The normalized spacial score (nSPS) is 12.4. The molecule has 0 aliphatic carbocycles. The van der Waals surface area contributed by atoms with Crippen LogP contribution in [0.4, 0.5) is 8.78 Å². The van der Waals surface area contributed by atoms with E-state index in [0.717, 1.165) is 17.5 Å². The van der Waals surface area contributed by atoms with E-state index >= 15 is 0 Å². The molecule has 0 fully saturated rings. The van der Waals surface area contributed by atoms with Gasteiger partial charge in [-0.05, 0) is 60.7 Å². The van der Waals surface area contributed by atoms with Gasteiger partial charge < -0.3 is 5.73 Å². The van der Waals surface area contributed by atoms with Gasteiger partial charge in [0.25, 0.3) is 0 Å². The Morgan fingerprint density at radius 3 is 2.20 bits per heavy atom. The lowest BCUT2D eigenvalue weighted by atomic mass is 9.92. The molecule has 0 saturated carbocycles. The number of rotatable bonds is 5. The van der Waals surface area contributed by atoms with E-state index in [0.29, 0.717) is 18.0 Å². The van der Waals surface area contributed by atoms with E-state index in [2.05, 4.69) is 0 Å². The van der Waals surface area contributed by atoms with Gasteiger partial charge in [0.1, 0.15) is 11.6 Å². The topological polar surface area (TPSA) is 26.0 Å². The fourth-order valence-corrected chi connectivity index (χ4v) is 2.44. The van der Waals surface area contributed by atoms with Crippen molar-refractivity contribution in [2.24, 2.45) is 11.7 Å². The van der Waals surface area contributed by atoms with E-state index in [1.165, 1.54) is 24.3 Å². The van der Waals surface area contributed by atoms with Gasteiger partial charge in [0.05, 0.1) is 0 Å². The zero-order valence-electron chi connectivity index (χ0n) is 11.0. The van der Waals surface area contributed by atoms with Gasteiger partial charge in [-0.15, -0.1) is 0 Å². The third kappa shape index (κ3) is 4.02. The molecule has 0 amide bonds. The number of hydrogen-bond donors (Lipinski definition) is 1. The van der Waals surface area contributed by atoms with Gasteiger partial charge in [-0.2, -0.15) is 0 Å². The molecule has 0 radical (unpaired) electrons. The maximum Gasteiger partial charge on any atom is 0.124 e. The Labute approximate surface area is 122 Å².